The molecule has 0 aromatic heterocycles. The number of carbonyl (C=O) groups is 1. The third-order valence-corrected chi connectivity index (χ3v) is 4.51. The molecular formula is C13H22ClNO. The van der Waals surface area contributed by atoms with Gasteiger partial charge in [-0.05, 0) is 37.0 Å². The predicted molar refractivity (Wildman–Crippen MR) is 66.5 cm³/mol. The first-order valence-corrected chi connectivity index (χ1v) is 6.84. The van der Waals surface area contributed by atoms with E-state index in [1.165, 1.54) is 12.8 Å². The monoisotopic (exact) mass is 243 g/mol. The van der Waals surface area contributed by atoms with Crippen LogP contribution < -0.4 is 5.32 Å². The van der Waals surface area contributed by atoms with E-state index < -0.39 is 0 Å². The Morgan fingerprint density at radius 1 is 1.44 bits per heavy atom. The van der Waals surface area contributed by atoms with E-state index in [1.54, 1.807) is 0 Å². The van der Waals surface area contributed by atoms with Crippen LogP contribution in [0, 0.1) is 17.3 Å². The third-order valence-electron chi connectivity index (χ3n) is 4.11. The Hall–Kier alpha value is -0.240. The fourth-order valence-corrected chi connectivity index (χ4v) is 3.10. The van der Waals surface area contributed by atoms with E-state index in [4.69, 9.17) is 11.6 Å². The zero-order chi connectivity index (χ0) is 11.8. The number of nitrogens with one attached hydrogen (secondary N) is 1. The number of amides is 1. The largest absolute Gasteiger partial charge is 0.356 e. The van der Waals surface area contributed by atoms with Gasteiger partial charge in [-0.1, -0.05) is 20.3 Å². The van der Waals surface area contributed by atoms with Gasteiger partial charge in [0.05, 0.1) is 0 Å². The van der Waals surface area contributed by atoms with Gasteiger partial charge >= 0.3 is 0 Å². The number of rotatable bonds is 3. The van der Waals surface area contributed by atoms with E-state index in [0.717, 1.165) is 25.8 Å². The second-order valence-corrected chi connectivity index (χ2v) is 6.74. The molecule has 2 rings (SSSR count). The normalized spacial score (nSPS) is 36.8. The molecule has 2 saturated carbocycles. The first-order chi connectivity index (χ1) is 7.49. The van der Waals surface area contributed by atoms with Crippen LogP contribution in [0.15, 0.2) is 0 Å². The summed E-state index contributed by atoms with van der Waals surface area (Å²) in [4.78, 5) is 11.8. The molecule has 3 unspecified atom stereocenters. The van der Waals surface area contributed by atoms with E-state index in [1.807, 2.05) is 0 Å². The first kappa shape index (κ1) is 12.2. The zero-order valence-electron chi connectivity index (χ0n) is 10.3. The quantitative estimate of drug-likeness (QED) is 0.759. The van der Waals surface area contributed by atoms with Gasteiger partial charge in [0, 0.05) is 17.8 Å². The molecule has 92 valence electrons. The summed E-state index contributed by atoms with van der Waals surface area (Å²) < 4.78 is 0. The van der Waals surface area contributed by atoms with Gasteiger partial charge in [-0.25, -0.2) is 0 Å². The average molecular weight is 244 g/mol. The molecule has 0 radical (unpaired) electrons. The molecule has 0 aromatic rings. The van der Waals surface area contributed by atoms with Crippen LogP contribution in [0.5, 0.6) is 0 Å². The number of carbonyl (C=O) groups excluding carboxylic acids is 1. The molecule has 3 heteroatoms. The minimum absolute atomic E-state index is 0.242. The van der Waals surface area contributed by atoms with Gasteiger partial charge in [0.25, 0.3) is 0 Å². The molecule has 0 heterocycles. The lowest BCUT2D eigenvalue weighted by molar-refractivity contribution is -0.123. The molecule has 2 aliphatic rings. The molecule has 0 spiro atoms. The number of hydrogen-bond acceptors (Lipinski definition) is 1. The van der Waals surface area contributed by atoms with Gasteiger partial charge < -0.3 is 5.32 Å². The third kappa shape index (κ3) is 2.91. The summed E-state index contributed by atoms with van der Waals surface area (Å²) in [5.74, 6) is 1.10. The highest BCUT2D eigenvalue weighted by Crippen LogP contribution is 2.51. The van der Waals surface area contributed by atoms with E-state index in [2.05, 4.69) is 19.2 Å². The molecule has 0 aromatic carbocycles. The van der Waals surface area contributed by atoms with Crippen molar-refractivity contribution in [1.82, 2.24) is 5.32 Å². The summed E-state index contributed by atoms with van der Waals surface area (Å²) in [7, 11) is 0. The lowest BCUT2D eigenvalue weighted by Crippen LogP contribution is -2.33. The van der Waals surface area contributed by atoms with Crippen LogP contribution in [-0.4, -0.2) is 17.8 Å². The second kappa shape index (κ2) is 4.56. The van der Waals surface area contributed by atoms with Gasteiger partial charge in [0.15, 0.2) is 0 Å². The molecule has 0 aliphatic heterocycles. The highest BCUT2D eigenvalue weighted by atomic mass is 35.5. The van der Waals surface area contributed by atoms with E-state index >= 15 is 0 Å². The molecule has 16 heavy (non-hydrogen) atoms. The number of halogens is 1. The summed E-state index contributed by atoms with van der Waals surface area (Å²) in [5, 5.41) is 3.42. The van der Waals surface area contributed by atoms with Crippen molar-refractivity contribution >= 4 is 17.5 Å². The standard InChI is InChI=1S/C13H22ClNO/c1-13(2)7-11(13)12(16)15-8-9-4-3-5-10(14)6-9/h9-11H,3-8H2,1-2H3,(H,15,16). The Morgan fingerprint density at radius 2 is 2.12 bits per heavy atom. The minimum atomic E-state index is 0.242. The Bertz CT molecular complexity index is 277. The van der Waals surface area contributed by atoms with Gasteiger partial charge in [0.1, 0.15) is 0 Å². The van der Waals surface area contributed by atoms with Crippen LogP contribution in [0.2, 0.25) is 0 Å². The molecule has 1 amide bonds. The van der Waals surface area contributed by atoms with Crippen molar-refractivity contribution in [2.75, 3.05) is 6.54 Å². The first-order valence-electron chi connectivity index (χ1n) is 6.41. The summed E-state index contributed by atoms with van der Waals surface area (Å²) in [6.45, 7) is 5.15. The number of alkyl halides is 1. The lowest BCUT2D eigenvalue weighted by atomic mass is 9.89. The fraction of sp³-hybridized carbons (Fsp3) is 0.923. The van der Waals surface area contributed by atoms with Crippen molar-refractivity contribution in [2.24, 2.45) is 17.3 Å². The van der Waals surface area contributed by atoms with Crippen LogP contribution in [-0.2, 0) is 4.79 Å². The van der Waals surface area contributed by atoms with E-state index in [0.29, 0.717) is 11.3 Å². The lowest BCUT2D eigenvalue weighted by Gasteiger charge is -2.25. The van der Waals surface area contributed by atoms with Gasteiger partial charge in [-0.3, -0.25) is 4.79 Å². The molecule has 2 nitrogen and oxygen atoms in total. The van der Waals surface area contributed by atoms with Gasteiger partial charge in [-0.15, -0.1) is 11.6 Å². The number of hydrogen-bond donors (Lipinski definition) is 1. The molecule has 0 bridgehead atoms. The predicted octanol–water partition coefficient (Wildman–Crippen LogP) is 2.95. The highest BCUT2D eigenvalue weighted by Gasteiger charge is 2.50. The molecular weight excluding hydrogens is 222 g/mol. The molecule has 2 fully saturated rings. The van der Waals surface area contributed by atoms with Crippen LogP contribution in [0.1, 0.15) is 46.0 Å². The van der Waals surface area contributed by atoms with Crippen LogP contribution in [0.3, 0.4) is 0 Å². The molecule has 1 N–H and O–H groups in total. The highest BCUT2D eigenvalue weighted by molar-refractivity contribution is 6.20. The van der Waals surface area contributed by atoms with Crippen LogP contribution in [0.25, 0.3) is 0 Å². The molecule has 3 atom stereocenters. The van der Waals surface area contributed by atoms with Crippen molar-refractivity contribution in [2.45, 2.75) is 51.3 Å². The van der Waals surface area contributed by atoms with Crippen molar-refractivity contribution in [1.29, 1.82) is 0 Å². The average Bonchev–Trinajstić information content (AvgIpc) is 2.85. The topological polar surface area (TPSA) is 29.1 Å². The summed E-state index contributed by atoms with van der Waals surface area (Å²) in [6, 6.07) is 0. The Morgan fingerprint density at radius 3 is 2.69 bits per heavy atom. The van der Waals surface area contributed by atoms with Crippen molar-refractivity contribution in [3.63, 3.8) is 0 Å². The Labute approximate surface area is 103 Å². The van der Waals surface area contributed by atoms with Crippen molar-refractivity contribution in [3.8, 4) is 0 Å². The molecule has 0 saturated heterocycles. The maximum atomic E-state index is 11.8. The SMILES string of the molecule is CC1(C)CC1C(=O)NCC1CCCC(Cl)C1. The van der Waals surface area contributed by atoms with Crippen LogP contribution in [0.4, 0.5) is 0 Å². The summed E-state index contributed by atoms with van der Waals surface area (Å²) in [5.41, 5.74) is 0.242. The van der Waals surface area contributed by atoms with Gasteiger partial charge in [0.2, 0.25) is 5.91 Å². The van der Waals surface area contributed by atoms with Crippen molar-refractivity contribution in [3.05, 3.63) is 0 Å². The smallest absolute Gasteiger partial charge is 0.223 e. The van der Waals surface area contributed by atoms with Crippen molar-refractivity contribution < 1.29 is 4.79 Å². The van der Waals surface area contributed by atoms with E-state index in [9.17, 15) is 4.79 Å². The second-order valence-electron chi connectivity index (χ2n) is 6.12. The Balaban J connectivity index is 1.69. The maximum Gasteiger partial charge on any atom is 0.223 e. The summed E-state index contributed by atoms with van der Waals surface area (Å²) >= 11 is 6.13. The Kier molecular flexibility index (Phi) is 3.48. The summed E-state index contributed by atoms with van der Waals surface area (Å²) in [6.07, 6.45) is 5.68. The molecule has 2 aliphatic carbocycles. The fourth-order valence-electron chi connectivity index (χ4n) is 2.69. The maximum absolute atomic E-state index is 11.8. The van der Waals surface area contributed by atoms with Gasteiger partial charge in [-0.2, -0.15) is 0 Å². The zero-order valence-corrected chi connectivity index (χ0v) is 11.0. The van der Waals surface area contributed by atoms with Crippen LogP contribution >= 0.6 is 11.6 Å². The minimum Gasteiger partial charge on any atom is -0.356 e. The van der Waals surface area contributed by atoms with E-state index in [-0.39, 0.29) is 17.2 Å².